The molecule has 2 N–H and O–H groups in total. The zero-order valence-corrected chi connectivity index (χ0v) is 7.49. The Morgan fingerprint density at radius 2 is 2.17 bits per heavy atom. The third-order valence-electron chi connectivity index (χ3n) is 3.12. The molecule has 1 amide bonds. The van der Waals surface area contributed by atoms with Crippen LogP contribution in [0.5, 0.6) is 0 Å². The van der Waals surface area contributed by atoms with Crippen LogP contribution in [-0.2, 0) is 4.79 Å². The minimum absolute atomic E-state index is 0.219. The van der Waals surface area contributed by atoms with E-state index in [2.05, 4.69) is 0 Å². The summed E-state index contributed by atoms with van der Waals surface area (Å²) in [5.74, 6) is 0.902. The molecule has 1 saturated carbocycles. The normalized spacial score (nSPS) is 40.2. The number of likely N-dealkylation sites (tertiary alicyclic amines) is 1. The predicted octanol–water partition coefficient (Wildman–Crippen LogP) is 0.345. The second-order valence-electron chi connectivity index (χ2n) is 4.16. The molecule has 2 rings (SSSR count). The van der Waals surface area contributed by atoms with Crippen molar-refractivity contribution in [1.29, 1.82) is 0 Å². The molecule has 1 aliphatic carbocycles. The van der Waals surface area contributed by atoms with Crippen LogP contribution in [0.1, 0.15) is 26.2 Å². The Morgan fingerprint density at radius 1 is 1.42 bits per heavy atom. The summed E-state index contributed by atoms with van der Waals surface area (Å²) < 4.78 is 0. The first kappa shape index (κ1) is 8.05. The van der Waals surface area contributed by atoms with E-state index in [0.717, 1.165) is 19.4 Å². The zero-order valence-electron chi connectivity index (χ0n) is 7.49. The maximum absolute atomic E-state index is 11.2. The molecule has 3 atom stereocenters. The highest BCUT2D eigenvalue weighted by Crippen LogP contribution is 2.34. The molecular weight excluding hydrogens is 152 g/mol. The van der Waals surface area contributed by atoms with E-state index in [-0.39, 0.29) is 5.91 Å². The fourth-order valence-corrected chi connectivity index (χ4v) is 2.67. The molecule has 12 heavy (non-hydrogen) atoms. The summed E-state index contributed by atoms with van der Waals surface area (Å²) in [7, 11) is 0. The molecule has 0 aromatic rings. The number of nitrogens with two attached hydrogens (primary N) is 1. The molecular formula is C9H16N2O. The lowest BCUT2D eigenvalue weighted by atomic mass is 9.87. The SMILES string of the molecule is CC(=O)N1CC2CC(N)CC1C2. The van der Waals surface area contributed by atoms with Gasteiger partial charge in [-0.2, -0.15) is 0 Å². The molecule has 68 valence electrons. The third-order valence-corrected chi connectivity index (χ3v) is 3.12. The predicted molar refractivity (Wildman–Crippen MR) is 46.5 cm³/mol. The minimum Gasteiger partial charge on any atom is -0.340 e. The Balaban J connectivity index is 2.09. The number of carbonyl (C=O) groups is 1. The van der Waals surface area contributed by atoms with Gasteiger partial charge in [0.1, 0.15) is 0 Å². The largest absolute Gasteiger partial charge is 0.340 e. The summed E-state index contributed by atoms with van der Waals surface area (Å²) in [5, 5.41) is 0. The Labute approximate surface area is 72.9 Å². The zero-order chi connectivity index (χ0) is 8.72. The first-order chi connectivity index (χ1) is 5.66. The van der Waals surface area contributed by atoms with E-state index in [4.69, 9.17) is 5.73 Å². The van der Waals surface area contributed by atoms with Crippen molar-refractivity contribution in [1.82, 2.24) is 4.90 Å². The van der Waals surface area contributed by atoms with Crippen molar-refractivity contribution in [2.75, 3.05) is 6.54 Å². The van der Waals surface area contributed by atoms with Crippen LogP contribution in [0.4, 0.5) is 0 Å². The van der Waals surface area contributed by atoms with Gasteiger partial charge in [-0.1, -0.05) is 0 Å². The van der Waals surface area contributed by atoms with Gasteiger partial charge < -0.3 is 10.6 Å². The molecule has 0 aromatic carbocycles. The van der Waals surface area contributed by atoms with Crippen molar-refractivity contribution in [3.8, 4) is 0 Å². The molecule has 0 aromatic heterocycles. The lowest BCUT2D eigenvalue weighted by Gasteiger charge is -2.26. The highest BCUT2D eigenvalue weighted by molar-refractivity contribution is 5.74. The van der Waals surface area contributed by atoms with E-state index in [1.54, 1.807) is 6.92 Å². The standard InChI is InChI=1S/C9H16N2O/c1-6(12)11-5-7-2-8(10)4-9(11)3-7/h7-9H,2-5,10H2,1H3. The summed E-state index contributed by atoms with van der Waals surface area (Å²) in [6.45, 7) is 2.61. The van der Waals surface area contributed by atoms with Crippen LogP contribution in [0.25, 0.3) is 0 Å². The highest BCUT2D eigenvalue weighted by atomic mass is 16.2. The lowest BCUT2D eigenvalue weighted by molar-refractivity contribution is -0.129. The highest BCUT2D eigenvalue weighted by Gasteiger charge is 2.39. The summed E-state index contributed by atoms with van der Waals surface area (Å²) in [6.07, 6.45) is 3.31. The second kappa shape index (κ2) is 2.73. The van der Waals surface area contributed by atoms with Crippen molar-refractivity contribution in [3.63, 3.8) is 0 Å². The molecule has 2 bridgehead atoms. The number of hydrogen-bond donors (Lipinski definition) is 1. The van der Waals surface area contributed by atoms with E-state index >= 15 is 0 Å². The van der Waals surface area contributed by atoms with Crippen LogP contribution in [0.3, 0.4) is 0 Å². The van der Waals surface area contributed by atoms with Gasteiger partial charge in [-0.05, 0) is 25.2 Å². The number of amides is 1. The Kier molecular flexibility index (Phi) is 1.83. The molecule has 0 radical (unpaired) electrons. The van der Waals surface area contributed by atoms with E-state index in [9.17, 15) is 4.79 Å². The Hall–Kier alpha value is -0.570. The summed E-state index contributed by atoms with van der Waals surface area (Å²) >= 11 is 0. The van der Waals surface area contributed by atoms with Gasteiger partial charge in [0.2, 0.25) is 5.91 Å². The fourth-order valence-electron chi connectivity index (χ4n) is 2.67. The summed E-state index contributed by atoms with van der Waals surface area (Å²) in [6, 6.07) is 0.786. The molecule has 2 aliphatic rings. The van der Waals surface area contributed by atoms with Crippen LogP contribution in [0, 0.1) is 5.92 Å². The molecule has 2 fully saturated rings. The first-order valence-corrected chi connectivity index (χ1v) is 4.69. The van der Waals surface area contributed by atoms with Crippen molar-refractivity contribution < 1.29 is 4.79 Å². The van der Waals surface area contributed by atoms with Gasteiger partial charge in [0.05, 0.1) is 0 Å². The lowest BCUT2D eigenvalue weighted by Crippen LogP contribution is -2.37. The molecule has 3 heteroatoms. The molecule has 1 aliphatic heterocycles. The van der Waals surface area contributed by atoms with Gasteiger partial charge >= 0.3 is 0 Å². The number of rotatable bonds is 0. The second-order valence-corrected chi connectivity index (χ2v) is 4.16. The van der Waals surface area contributed by atoms with Crippen LogP contribution >= 0.6 is 0 Å². The average Bonchev–Trinajstić information content (AvgIpc) is 2.26. The van der Waals surface area contributed by atoms with Crippen molar-refractivity contribution in [2.45, 2.75) is 38.3 Å². The third kappa shape index (κ3) is 1.22. The molecule has 3 nitrogen and oxygen atoms in total. The first-order valence-electron chi connectivity index (χ1n) is 4.69. The van der Waals surface area contributed by atoms with Crippen LogP contribution in [-0.4, -0.2) is 29.4 Å². The van der Waals surface area contributed by atoms with Gasteiger partial charge in [-0.25, -0.2) is 0 Å². The fraction of sp³-hybridized carbons (Fsp3) is 0.889. The van der Waals surface area contributed by atoms with Gasteiger partial charge in [-0.15, -0.1) is 0 Å². The van der Waals surface area contributed by atoms with E-state index < -0.39 is 0 Å². The maximum atomic E-state index is 11.2. The van der Waals surface area contributed by atoms with Crippen LogP contribution in [0.15, 0.2) is 0 Å². The topological polar surface area (TPSA) is 46.3 Å². The number of carbonyl (C=O) groups excluding carboxylic acids is 1. The van der Waals surface area contributed by atoms with Crippen molar-refractivity contribution >= 4 is 5.91 Å². The quantitative estimate of drug-likeness (QED) is 0.567. The summed E-state index contributed by atoms with van der Waals surface area (Å²) in [5.41, 5.74) is 5.88. The van der Waals surface area contributed by atoms with Gasteiger partial charge in [0.25, 0.3) is 0 Å². The Bertz CT molecular complexity index is 205. The van der Waals surface area contributed by atoms with Crippen molar-refractivity contribution in [3.05, 3.63) is 0 Å². The van der Waals surface area contributed by atoms with E-state index in [1.165, 1.54) is 6.42 Å². The molecule has 1 heterocycles. The van der Waals surface area contributed by atoms with E-state index in [1.807, 2.05) is 4.90 Å². The maximum Gasteiger partial charge on any atom is 0.219 e. The minimum atomic E-state index is 0.219. The molecule has 3 unspecified atom stereocenters. The summed E-state index contributed by atoms with van der Waals surface area (Å²) in [4.78, 5) is 13.2. The van der Waals surface area contributed by atoms with E-state index in [0.29, 0.717) is 18.0 Å². The smallest absolute Gasteiger partial charge is 0.219 e. The van der Waals surface area contributed by atoms with Crippen LogP contribution in [0.2, 0.25) is 0 Å². The monoisotopic (exact) mass is 168 g/mol. The van der Waals surface area contributed by atoms with Gasteiger partial charge in [0, 0.05) is 25.6 Å². The van der Waals surface area contributed by atoms with Crippen LogP contribution < -0.4 is 5.73 Å². The molecule has 0 spiro atoms. The Morgan fingerprint density at radius 3 is 2.83 bits per heavy atom. The van der Waals surface area contributed by atoms with Gasteiger partial charge in [-0.3, -0.25) is 4.79 Å². The molecule has 1 saturated heterocycles. The average molecular weight is 168 g/mol. The van der Waals surface area contributed by atoms with Gasteiger partial charge in [0.15, 0.2) is 0 Å². The number of nitrogens with zero attached hydrogens (tertiary/aromatic N) is 1. The number of fused-ring (bicyclic) bond motifs is 2. The number of hydrogen-bond acceptors (Lipinski definition) is 2. The van der Waals surface area contributed by atoms with Crippen molar-refractivity contribution in [2.24, 2.45) is 11.7 Å².